The van der Waals surface area contributed by atoms with Crippen molar-refractivity contribution in [3.05, 3.63) is 29.1 Å². The second kappa shape index (κ2) is 8.21. The number of hydrogen-bond donors (Lipinski definition) is 1. The van der Waals surface area contributed by atoms with E-state index < -0.39 is 0 Å². The van der Waals surface area contributed by atoms with Crippen LogP contribution >= 0.6 is 0 Å². The van der Waals surface area contributed by atoms with Gasteiger partial charge in [0.15, 0.2) is 0 Å². The fraction of sp³-hybridized carbons (Fsp3) is 0.636. The number of piperidine rings is 1. The molecular formula is C22H32N4O2. The van der Waals surface area contributed by atoms with E-state index in [0.29, 0.717) is 24.8 Å². The van der Waals surface area contributed by atoms with Gasteiger partial charge in [0, 0.05) is 52.2 Å². The fourth-order valence-corrected chi connectivity index (χ4v) is 4.73. The fourth-order valence-electron chi connectivity index (χ4n) is 4.73. The number of ether oxygens (including phenoxy) is 1. The van der Waals surface area contributed by atoms with Crippen LogP contribution in [0.25, 0.3) is 11.0 Å². The number of nitrogens with one attached hydrogen (secondary N) is 1. The van der Waals surface area contributed by atoms with Gasteiger partial charge < -0.3 is 14.6 Å². The number of carbonyl (C=O) groups excluding carboxylic acids is 1. The number of aryl methyl sites for hydroxylation is 3. The van der Waals surface area contributed by atoms with Crippen LogP contribution in [0.5, 0.6) is 0 Å². The molecule has 152 valence electrons. The highest BCUT2D eigenvalue weighted by molar-refractivity contribution is 5.80. The Labute approximate surface area is 167 Å². The van der Waals surface area contributed by atoms with Crippen LogP contribution in [0.4, 0.5) is 0 Å². The summed E-state index contributed by atoms with van der Waals surface area (Å²) in [7, 11) is 1.76. The molecule has 0 unspecified atom stereocenters. The zero-order chi connectivity index (χ0) is 19.7. The largest absolute Gasteiger partial charge is 0.383 e. The van der Waals surface area contributed by atoms with Crippen molar-refractivity contribution in [2.45, 2.75) is 45.6 Å². The van der Waals surface area contributed by atoms with Crippen molar-refractivity contribution in [2.24, 2.45) is 5.92 Å². The lowest BCUT2D eigenvalue weighted by atomic mass is 9.95. The average molecular weight is 385 g/mol. The van der Waals surface area contributed by atoms with Crippen molar-refractivity contribution in [3.8, 4) is 0 Å². The highest BCUT2D eigenvalue weighted by Gasteiger charge is 2.35. The van der Waals surface area contributed by atoms with E-state index in [9.17, 15) is 4.79 Å². The first kappa shape index (κ1) is 19.4. The number of methoxy groups -OCH3 is 1. The molecule has 3 saturated heterocycles. The van der Waals surface area contributed by atoms with E-state index >= 15 is 0 Å². The molecule has 1 amide bonds. The zero-order valence-corrected chi connectivity index (χ0v) is 17.3. The maximum atomic E-state index is 12.9. The second-order valence-corrected chi connectivity index (χ2v) is 8.47. The zero-order valence-electron chi connectivity index (χ0n) is 17.3. The number of rotatable bonds is 6. The molecule has 0 spiro atoms. The van der Waals surface area contributed by atoms with Gasteiger partial charge in [-0.3, -0.25) is 9.69 Å². The first-order valence-electron chi connectivity index (χ1n) is 10.5. The first-order chi connectivity index (χ1) is 13.5. The number of fused-ring (bicyclic) bond motifs is 5. The molecule has 1 aromatic heterocycles. The molecule has 5 rings (SSSR count). The molecule has 6 heteroatoms. The van der Waals surface area contributed by atoms with Gasteiger partial charge >= 0.3 is 0 Å². The summed E-state index contributed by atoms with van der Waals surface area (Å²) in [5.41, 5.74) is 4.56. The van der Waals surface area contributed by atoms with Crippen LogP contribution < -0.4 is 0 Å². The van der Waals surface area contributed by atoms with Crippen LogP contribution in [0.15, 0.2) is 12.1 Å². The molecule has 4 heterocycles. The summed E-state index contributed by atoms with van der Waals surface area (Å²) in [6, 6.07) is 4.68. The SMILES string of the molecule is COCCN1C[C@H]2CC[C@@H]1CN(C(=O)CCc1nc3c(C)c(C)ccc3[nH]1)C2. The highest BCUT2D eigenvalue weighted by atomic mass is 16.5. The van der Waals surface area contributed by atoms with Gasteiger partial charge in [0.05, 0.1) is 17.6 Å². The van der Waals surface area contributed by atoms with Crippen molar-refractivity contribution in [1.82, 2.24) is 19.8 Å². The minimum Gasteiger partial charge on any atom is -0.383 e. The van der Waals surface area contributed by atoms with Crippen molar-refractivity contribution in [1.29, 1.82) is 0 Å². The van der Waals surface area contributed by atoms with E-state index in [4.69, 9.17) is 9.72 Å². The maximum Gasteiger partial charge on any atom is 0.223 e. The summed E-state index contributed by atoms with van der Waals surface area (Å²) in [4.78, 5) is 25.7. The number of imidazole rings is 1. The average Bonchev–Trinajstić information content (AvgIpc) is 2.89. The Balaban J connectivity index is 1.38. The van der Waals surface area contributed by atoms with Gasteiger partial charge in [-0.15, -0.1) is 0 Å². The number of hydrogen-bond acceptors (Lipinski definition) is 4. The molecule has 0 radical (unpaired) electrons. The molecule has 2 atom stereocenters. The second-order valence-electron chi connectivity index (χ2n) is 8.47. The summed E-state index contributed by atoms with van der Waals surface area (Å²) in [6.07, 6.45) is 3.63. The Hall–Kier alpha value is -1.92. The summed E-state index contributed by atoms with van der Waals surface area (Å²) < 4.78 is 5.26. The summed E-state index contributed by atoms with van der Waals surface area (Å²) in [5.74, 6) is 1.77. The van der Waals surface area contributed by atoms with E-state index in [2.05, 4.69) is 40.8 Å². The summed E-state index contributed by atoms with van der Waals surface area (Å²) >= 11 is 0. The van der Waals surface area contributed by atoms with Gasteiger partial charge in [0.1, 0.15) is 5.82 Å². The highest BCUT2D eigenvalue weighted by Crippen LogP contribution is 2.28. The van der Waals surface area contributed by atoms with E-state index in [1.54, 1.807) is 7.11 Å². The molecule has 1 aromatic carbocycles. The Morgan fingerprint density at radius 3 is 2.93 bits per heavy atom. The Kier molecular flexibility index (Phi) is 5.69. The van der Waals surface area contributed by atoms with Crippen LogP contribution in [0.3, 0.4) is 0 Å². The number of carbonyl (C=O) groups is 1. The van der Waals surface area contributed by atoms with Gasteiger partial charge in [-0.2, -0.15) is 0 Å². The number of nitrogens with zero attached hydrogens (tertiary/aromatic N) is 3. The van der Waals surface area contributed by atoms with E-state index in [1.807, 2.05) is 0 Å². The van der Waals surface area contributed by atoms with Gasteiger partial charge in [-0.25, -0.2) is 4.98 Å². The van der Waals surface area contributed by atoms with Crippen LogP contribution in [-0.4, -0.2) is 71.6 Å². The number of aromatic amines is 1. The summed E-state index contributed by atoms with van der Waals surface area (Å²) in [6.45, 7) is 8.81. The van der Waals surface area contributed by atoms with Gasteiger partial charge in [-0.1, -0.05) is 6.07 Å². The number of benzene rings is 1. The Bertz CT molecular complexity index is 846. The molecule has 3 aliphatic heterocycles. The molecule has 28 heavy (non-hydrogen) atoms. The molecular weight excluding hydrogens is 352 g/mol. The van der Waals surface area contributed by atoms with E-state index in [-0.39, 0.29) is 5.91 Å². The molecule has 0 aliphatic carbocycles. The van der Waals surface area contributed by atoms with Crippen LogP contribution in [-0.2, 0) is 16.0 Å². The third-order valence-electron chi connectivity index (χ3n) is 6.57. The van der Waals surface area contributed by atoms with Crippen molar-refractivity contribution < 1.29 is 9.53 Å². The van der Waals surface area contributed by atoms with Crippen LogP contribution in [0.1, 0.15) is 36.2 Å². The quantitative estimate of drug-likeness (QED) is 0.832. The van der Waals surface area contributed by atoms with Gasteiger partial charge in [0.2, 0.25) is 5.91 Å². The molecule has 6 nitrogen and oxygen atoms in total. The smallest absolute Gasteiger partial charge is 0.223 e. The molecule has 3 aliphatic rings. The van der Waals surface area contributed by atoms with E-state index in [0.717, 1.165) is 49.6 Å². The lowest BCUT2D eigenvalue weighted by Crippen LogP contribution is -2.45. The van der Waals surface area contributed by atoms with Crippen molar-refractivity contribution in [3.63, 3.8) is 0 Å². The first-order valence-corrected chi connectivity index (χ1v) is 10.5. The van der Waals surface area contributed by atoms with Gasteiger partial charge in [0.25, 0.3) is 0 Å². The number of H-pyrrole nitrogens is 1. The third-order valence-corrected chi connectivity index (χ3v) is 6.57. The predicted octanol–water partition coefficient (Wildman–Crippen LogP) is 2.68. The van der Waals surface area contributed by atoms with Crippen molar-refractivity contribution in [2.75, 3.05) is 39.9 Å². The van der Waals surface area contributed by atoms with Crippen LogP contribution in [0.2, 0.25) is 0 Å². The lowest BCUT2D eigenvalue weighted by molar-refractivity contribution is -0.131. The topological polar surface area (TPSA) is 61.5 Å². The normalized spacial score (nSPS) is 22.8. The summed E-state index contributed by atoms with van der Waals surface area (Å²) in [5, 5.41) is 0. The number of amides is 1. The Morgan fingerprint density at radius 2 is 2.11 bits per heavy atom. The standard InChI is InChI=1S/C22H32N4O2/c1-15-4-7-19-22(16(15)2)24-20(23-19)8-9-21(27)26-13-17-5-6-18(14-26)25(12-17)10-11-28-3/h4,7,17-18H,5-6,8-14H2,1-3H3,(H,23,24)/t17-,18-/m1/s1. The minimum atomic E-state index is 0.263. The minimum absolute atomic E-state index is 0.263. The molecule has 3 fully saturated rings. The molecule has 0 saturated carbocycles. The lowest BCUT2D eigenvalue weighted by Gasteiger charge is -2.35. The number of aromatic nitrogens is 2. The molecule has 2 aromatic rings. The van der Waals surface area contributed by atoms with Crippen molar-refractivity contribution >= 4 is 16.9 Å². The third kappa shape index (κ3) is 3.94. The monoisotopic (exact) mass is 384 g/mol. The van der Waals surface area contributed by atoms with E-state index in [1.165, 1.54) is 24.0 Å². The predicted molar refractivity (Wildman–Crippen MR) is 110 cm³/mol. The maximum absolute atomic E-state index is 12.9. The Morgan fingerprint density at radius 1 is 1.25 bits per heavy atom. The molecule has 2 bridgehead atoms. The van der Waals surface area contributed by atoms with Gasteiger partial charge in [-0.05, 0) is 49.8 Å². The molecule has 1 N–H and O–H groups in total. The van der Waals surface area contributed by atoms with Crippen LogP contribution in [0, 0.1) is 19.8 Å².